The van der Waals surface area contributed by atoms with Crippen molar-refractivity contribution >= 4 is 23.5 Å². The van der Waals surface area contributed by atoms with E-state index < -0.39 is 5.97 Å². The number of benzene rings is 1. The summed E-state index contributed by atoms with van der Waals surface area (Å²) in [4.78, 5) is 33.7. The second-order valence-electron chi connectivity index (χ2n) is 5.72. The van der Waals surface area contributed by atoms with E-state index >= 15 is 0 Å². The number of unbranched alkanes of at least 4 members (excludes halogenated alkanes) is 4. The molecule has 0 bridgehead atoms. The smallest absolute Gasteiger partial charge is 0.303 e. The van der Waals surface area contributed by atoms with E-state index in [-0.39, 0.29) is 24.8 Å². The maximum Gasteiger partial charge on any atom is 0.303 e. The third kappa shape index (κ3) is 5.57. The first-order chi connectivity index (χ1) is 11.6. The highest BCUT2D eigenvalue weighted by Gasteiger charge is 2.17. The van der Waals surface area contributed by atoms with E-state index in [2.05, 4.69) is 10.6 Å². The zero-order chi connectivity index (χ0) is 17.4. The van der Waals surface area contributed by atoms with Crippen molar-refractivity contribution in [2.24, 2.45) is 0 Å². The Labute approximate surface area is 140 Å². The summed E-state index contributed by atoms with van der Waals surface area (Å²) < 4.78 is 5.29. The number of carboxylic acids is 1. The minimum absolute atomic E-state index is 0.0417. The number of fused-ring (bicyclic) bond motifs is 1. The largest absolute Gasteiger partial charge is 0.482 e. The van der Waals surface area contributed by atoms with E-state index in [4.69, 9.17) is 9.84 Å². The maximum atomic E-state index is 12.1. The quantitative estimate of drug-likeness (QED) is 0.600. The molecule has 0 aliphatic carbocycles. The predicted molar refractivity (Wildman–Crippen MR) is 88.2 cm³/mol. The van der Waals surface area contributed by atoms with Gasteiger partial charge in [-0.2, -0.15) is 0 Å². The average molecular weight is 334 g/mol. The van der Waals surface area contributed by atoms with Gasteiger partial charge in [0.15, 0.2) is 6.61 Å². The molecular weight excluding hydrogens is 312 g/mol. The summed E-state index contributed by atoms with van der Waals surface area (Å²) in [7, 11) is 0. The van der Waals surface area contributed by atoms with Crippen LogP contribution in [-0.4, -0.2) is 36.0 Å². The summed E-state index contributed by atoms with van der Waals surface area (Å²) in [5.41, 5.74) is 1.07. The Balaban J connectivity index is 1.66. The van der Waals surface area contributed by atoms with Gasteiger partial charge in [0.25, 0.3) is 11.8 Å². The van der Waals surface area contributed by atoms with Crippen LogP contribution in [0.3, 0.4) is 0 Å². The zero-order valence-electron chi connectivity index (χ0n) is 13.5. The van der Waals surface area contributed by atoms with Gasteiger partial charge in [-0.25, -0.2) is 0 Å². The van der Waals surface area contributed by atoms with Crippen LogP contribution in [0.15, 0.2) is 18.2 Å². The van der Waals surface area contributed by atoms with E-state index in [0.29, 0.717) is 30.0 Å². The molecule has 7 heteroatoms. The van der Waals surface area contributed by atoms with Crippen LogP contribution >= 0.6 is 0 Å². The predicted octanol–water partition coefficient (Wildman–Crippen LogP) is 2.17. The molecule has 1 aromatic carbocycles. The third-order valence-corrected chi connectivity index (χ3v) is 3.73. The molecular formula is C17H22N2O5. The van der Waals surface area contributed by atoms with Crippen molar-refractivity contribution in [3.63, 3.8) is 0 Å². The highest BCUT2D eigenvalue weighted by atomic mass is 16.5. The first-order valence-corrected chi connectivity index (χ1v) is 8.13. The summed E-state index contributed by atoms with van der Waals surface area (Å²) in [5.74, 6) is -0.635. The van der Waals surface area contributed by atoms with E-state index in [1.54, 1.807) is 18.2 Å². The second-order valence-corrected chi connectivity index (χ2v) is 5.72. The SMILES string of the molecule is O=C(O)CCCCCCCNC(=O)c1ccc2c(c1)OCC(=O)N2. The van der Waals surface area contributed by atoms with E-state index in [1.165, 1.54) is 0 Å². The van der Waals surface area contributed by atoms with Gasteiger partial charge in [-0.3, -0.25) is 14.4 Å². The highest BCUT2D eigenvalue weighted by molar-refractivity contribution is 5.98. The Morgan fingerprint density at radius 3 is 2.71 bits per heavy atom. The van der Waals surface area contributed by atoms with E-state index in [9.17, 15) is 14.4 Å². The molecule has 0 unspecified atom stereocenters. The van der Waals surface area contributed by atoms with Crippen LogP contribution in [0.5, 0.6) is 5.75 Å². The molecule has 0 aromatic heterocycles. The maximum absolute atomic E-state index is 12.1. The van der Waals surface area contributed by atoms with Crippen LogP contribution < -0.4 is 15.4 Å². The highest BCUT2D eigenvalue weighted by Crippen LogP contribution is 2.28. The fourth-order valence-corrected chi connectivity index (χ4v) is 2.45. The van der Waals surface area contributed by atoms with Gasteiger partial charge in [0, 0.05) is 18.5 Å². The first kappa shape index (κ1) is 17.8. The van der Waals surface area contributed by atoms with Gasteiger partial charge in [0.2, 0.25) is 0 Å². The van der Waals surface area contributed by atoms with E-state index in [0.717, 1.165) is 25.7 Å². The molecule has 0 spiro atoms. The Hall–Kier alpha value is -2.57. The molecule has 130 valence electrons. The Morgan fingerprint density at radius 1 is 1.17 bits per heavy atom. The number of hydrogen-bond donors (Lipinski definition) is 3. The Morgan fingerprint density at radius 2 is 1.92 bits per heavy atom. The summed E-state index contributed by atoms with van der Waals surface area (Å²) in [6.45, 7) is 0.534. The lowest BCUT2D eigenvalue weighted by molar-refractivity contribution is -0.137. The van der Waals surface area contributed by atoms with Crippen molar-refractivity contribution in [3.05, 3.63) is 23.8 Å². The lowest BCUT2D eigenvalue weighted by Crippen LogP contribution is -2.27. The molecule has 1 heterocycles. The molecule has 2 amide bonds. The molecule has 1 aliphatic heterocycles. The lowest BCUT2D eigenvalue weighted by atomic mass is 10.1. The summed E-state index contributed by atoms with van der Waals surface area (Å²) >= 11 is 0. The van der Waals surface area contributed by atoms with Gasteiger partial charge in [-0.15, -0.1) is 0 Å². The zero-order valence-corrected chi connectivity index (χ0v) is 13.5. The first-order valence-electron chi connectivity index (χ1n) is 8.13. The van der Waals surface area contributed by atoms with Gasteiger partial charge in [0.1, 0.15) is 5.75 Å². The number of hydrogen-bond acceptors (Lipinski definition) is 4. The fraction of sp³-hybridized carbons (Fsp3) is 0.471. The molecule has 7 nitrogen and oxygen atoms in total. The molecule has 0 saturated carbocycles. The van der Waals surface area contributed by atoms with Crippen molar-refractivity contribution in [2.75, 3.05) is 18.5 Å². The monoisotopic (exact) mass is 334 g/mol. The summed E-state index contributed by atoms with van der Waals surface area (Å²) in [6.07, 6.45) is 4.60. The van der Waals surface area contributed by atoms with Gasteiger partial charge < -0.3 is 20.5 Å². The van der Waals surface area contributed by atoms with Gasteiger partial charge in [-0.1, -0.05) is 19.3 Å². The number of anilines is 1. The van der Waals surface area contributed by atoms with Gasteiger partial charge in [-0.05, 0) is 31.0 Å². The lowest BCUT2D eigenvalue weighted by Gasteiger charge is -2.18. The summed E-state index contributed by atoms with van der Waals surface area (Å²) in [6, 6.07) is 4.93. The normalized spacial score (nSPS) is 12.8. The van der Waals surface area contributed by atoms with Crippen molar-refractivity contribution in [1.29, 1.82) is 0 Å². The molecule has 3 N–H and O–H groups in total. The van der Waals surface area contributed by atoms with Crippen LogP contribution in [0.25, 0.3) is 0 Å². The molecule has 0 radical (unpaired) electrons. The van der Waals surface area contributed by atoms with Crippen molar-refractivity contribution in [3.8, 4) is 5.75 Å². The minimum Gasteiger partial charge on any atom is -0.482 e. The Kier molecular flexibility index (Phi) is 6.60. The molecule has 1 aliphatic rings. The Bertz CT molecular complexity index is 615. The molecule has 0 atom stereocenters. The number of rotatable bonds is 9. The fourth-order valence-electron chi connectivity index (χ4n) is 2.45. The average Bonchev–Trinajstić information content (AvgIpc) is 2.56. The van der Waals surface area contributed by atoms with Crippen molar-refractivity contribution < 1.29 is 24.2 Å². The summed E-state index contributed by atoms with van der Waals surface area (Å²) in [5, 5.41) is 14.1. The van der Waals surface area contributed by atoms with Crippen LogP contribution in [-0.2, 0) is 9.59 Å². The standard InChI is InChI=1S/C17H22N2O5/c20-15-11-24-14-10-12(7-8-13(14)19-15)17(23)18-9-5-3-1-2-4-6-16(21)22/h7-8,10H,1-6,9,11H2,(H,18,23)(H,19,20)(H,21,22). The molecule has 2 rings (SSSR count). The number of ether oxygens (including phenoxy) is 1. The van der Waals surface area contributed by atoms with Crippen LogP contribution in [0.4, 0.5) is 5.69 Å². The van der Waals surface area contributed by atoms with Gasteiger partial charge >= 0.3 is 5.97 Å². The molecule has 0 fully saturated rings. The molecule has 0 saturated heterocycles. The number of aliphatic carboxylic acids is 1. The van der Waals surface area contributed by atoms with Gasteiger partial charge in [0.05, 0.1) is 5.69 Å². The number of carbonyl (C=O) groups is 3. The van der Waals surface area contributed by atoms with Crippen LogP contribution in [0.1, 0.15) is 48.9 Å². The van der Waals surface area contributed by atoms with Crippen molar-refractivity contribution in [1.82, 2.24) is 5.32 Å². The number of carbonyl (C=O) groups excluding carboxylic acids is 2. The second kappa shape index (κ2) is 8.90. The van der Waals surface area contributed by atoms with Crippen molar-refractivity contribution in [2.45, 2.75) is 38.5 Å². The van der Waals surface area contributed by atoms with Crippen LogP contribution in [0.2, 0.25) is 0 Å². The van der Waals surface area contributed by atoms with E-state index in [1.807, 2.05) is 0 Å². The number of carboxylic acid groups (broad SMARTS) is 1. The number of nitrogens with one attached hydrogen (secondary N) is 2. The minimum atomic E-state index is -0.754. The van der Waals surface area contributed by atoms with Crippen LogP contribution in [0, 0.1) is 0 Å². The number of amides is 2. The molecule has 24 heavy (non-hydrogen) atoms. The third-order valence-electron chi connectivity index (χ3n) is 3.73. The molecule has 1 aromatic rings. The topological polar surface area (TPSA) is 105 Å².